The maximum atomic E-state index is 14.2. The summed E-state index contributed by atoms with van der Waals surface area (Å²) in [6, 6.07) is 21.0. The van der Waals surface area contributed by atoms with Gasteiger partial charge in [-0.1, -0.05) is 60.4 Å². The molecule has 0 bridgehead atoms. The number of rotatable bonds is 4. The van der Waals surface area contributed by atoms with E-state index in [1.807, 2.05) is 67.3 Å². The molecule has 2 aliphatic rings. The maximum Gasteiger partial charge on any atom is 0.573 e. The van der Waals surface area contributed by atoms with Crippen molar-refractivity contribution >= 4 is 17.4 Å². The summed E-state index contributed by atoms with van der Waals surface area (Å²) in [5.41, 5.74) is 3.69. The van der Waals surface area contributed by atoms with Crippen molar-refractivity contribution in [3.05, 3.63) is 89.5 Å². The Kier molecular flexibility index (Phi) is 5.74. The number of alkyl halides is 3. The molecule has 1 saturated carbocycles. The minimum absolute atomic E-state index is 0.174. The summed E-state index contributed by atoms with van der Waals surface area (Å²) < 4.78 is 43.3. The molecule has 3 aromatic rings. The zero-order chi connectivity index (χ0) is 24.8. The number of carbonyl (C=O) groups excluding carboxylic acids is 1. The second-order valence-electron chi connectivity index (χ2n) is 9.49. The van der Waals surface area contributed by atoms with Gasteiger partial charge in [0.1, 0.15) is 5.75 Å². The second kappa shape index (κ2) is 8.63. The molecule has 4 nitrogen and oxygen atoms in total. The van der Waals surface area contributed by atoms with E-state index in [4.69, 9.17) is 0 Å². The van der Waals surface area contributed by atoms with Crippen molar-refractivity contribution in [2.75, 3.05) is 9.80 Å². The number of ether oxygens (including phenoxy) is 1. The molecule has 182 valence electrons. The van der Waals surface area contributed by atoms with Crippen LogP contribution in [0.4, 0.5) is 29.3 Å². The normalized spacial score (nSPS) is 19.6. The monoisotopic (exact) mass is 480 g/mol. The number of urea groups is 1. The Hall–Kier alpha value is -3.48. The predicted molar refractivity (Wildman–Crippen MR) is 130 cm³/mol. The maximum absolute atomic E-state index is 14.2. The molecule has 1 atom stereocenters. The summed E-state index contributed by atoms with van der Waals surface area (Å²) in [4.78, 5) is 17.8. The Labute approximate surface area is 202 Å². The van der Waals surface area contributed by atoms with Crippen molar-refractivity contribution in [2.45, 2.75) is 57.5 Å². The van der Waals surface area contributed by atoms with Crippen LogP contribution in [-0.2, 0) is 0 Å². The van der Waals surface area contributed by atoms with E-state index in [1.54, 1.807) is 17.0 Å². The first-order valence-electron chi connectivity index (χ1n) is 11.8. The summed E-state index contributed by atoms with van der Waals surface area (Å²) in [6.45, 7) is 3.97. The van der Waals surface area contributed by atoms with Crippen molar-refractivity contribution in [1.82, 2.24) is 0 Å². The fourth-order valence-electron chi connectivity index (χ4n) is 5.62. The van der Waals surface area contributed by atoms with Gasteiger partial charge in [-0.05, 0) is 68.7 Å². The number of carbonyl (C=O) groups is 1. The Morgan fingerprint density at radius 3 is 2.00 bits per heavy atom. The van der Waals surface area contributed by atoms with Gasteiger partial charge in [0.2, 0.25) is 0 Å². The fourth-order valence-corrected chi connectivity index (χ4v) is 5.62. The van der Waals surface area contributed by atoms with Crippen molar-refractivity contribution in [3.63, 3.8) is 0 Å². The lowest BCUT2D eigenvalue weighted by Crippen LogP contribution is -2.46. The van der Waals surface area contributed by atoms with Crippen molar-refractivity contribution in [3.8, 4) is 5.75 Å². The fraction of sp³-hybridized carbons (Fsp3) is 0.321. The number of anilines is 2. The van der Waals surface area contributed by atoms with Crippen molar-refractivity contribution in [1.29, 1.82) is 0 Å². The average molecular weight is 481 g/mol. The summed E-state index contributed by atoms with van der Waals surface area (Å²) in [7, 11) is 0. The molecule has 0 N–H and O–H groups in total. The standard InChI is InChI=1S/C28H27F3N2O2/c1-19-8-12-22(13-9-19)32-25(21-6-5-7-24(18-21)35-28(29,30)31)27(16-3-4-17-27)33(26(32)34)23-14-10-20(2)11-15-23/h5-15,18,25H,3-4,16-17H2,1-2H3/t25-/m1/s1. The van der Waals surface area contributed by atoms with E-state index in [-0.39, 0.29) is 11.8 Å². The lowest BCUT2D eigenvalue weighted by atomic mass is 9.82. The van der Waals surface area contributed by atoms with Gasteiger partial charge in [-0.25, -0.2) is 4.79 Å². The quantitative estimate of drug-likeness (QED) is 0.383. The zero-order valence-corrected chi connectivity index (χ0v) is 19.7. The van der Waals surface area contributed by atoms with Gasteiger partial charge in [0, 0.05) is 11.4 Å². The van der Waals surface area contributed by atoms with E-state index in [0.717, 1.165) is 42.5 Å². The first-order chi connectivity index (χ1) is 16.7. The van der Waals surface area contributed by atoms with E-state index < -0.39 is 17.9 Å². The number of halogens is 3. The second-order valence-corrected chi connectivity index (χ2v) is 9.49. The molecule has 2 amide bonds. The number of benzene rings is 3. The summed E-state index contributed by atoms with van der Waals surface area (Å²) >= 11 is 0. The number of hydrogen-bond acceptors (Lipinski definition) is 2. The Morgan fingerprint density at radius 2 is 1.43 bits per heavy atom. The van der Waals surface area contributed by atoms with Gasteiger partial charge in [-0.3, -0.25) is 9.80 Å². The van der Waals surface area contributed by atoms with E-state index in [1.165, 1.54) is 12.1 Å². The summed E-state index contributed by atoms with van der Waals surface area (Å²) in [6.07, 6.45) is -1.41. The van der Waals surface area contributed by atoms with E-state index >= 15 is 0 Å². The molecule has 1 aliphatic heterocycles. The van der Waals surface area contributed by atoms with Crippen molar-refractivity contribution in [2.24, 2.45) is 0 Å². The number of aryl methyl sites for hydroxylation is 2. The average Bonchev–Trinajstić information content (AvgIpc) is 3.37. The minimum atomic E-state index is -4.79. The van der Waals surface area contributed by atoms with Gasteiger partial charge in [-0.2, -0.15) is 0 Å². The molecule has 1 spiro atoms. The van der Waals surface area contributed by atoms with Crippen LogP contribution in [0.3, 0.4) is 0 Å². The van der Waals surface area contributed by atoms with Crippen LogP contribution in [0, 0.1) is 13.8 Å². The molecule has 1 heterocycles. The third kappa shape index (κ3) is 4.24. The molecule has 1 aliphatic carbocycles. The van der Waals surface area contributed by atoms with Gasteiger partial charge < -0.3 is 4.74 Å². The highest BCUT2D eigenvalue weighted by Crippen LogP contribution is 2.55. The SMILES string of the molecule is Cc1ccc(N2C(=O)N(c3ccc(C)cc3)C3(CCCC3)[C@H]2c2cccc(OC(F)(F)F)c2)cc1. The first-order valence-corrected chi connectivity index (χ1v) is 11.8. The summed E-state index contributed by atoms with van der Waals surface area (Å²) in [5, 5.41) is 0. The highest BCUT2D eigenvalue weighted by atomic mass is 19.4. The molecular weight excluding hydrogens is 453 g/mol. The molecular formula is C28H27F3N2O2. The van der Waals surface area contributed by atoms with E-state index in [2.05, 4.69) is 4.74 Å². The van der Waals surface area contributed by atoms with Crippen LogP contribution in [-0.4, -0.2) is 17.9 Å². The highest BCUT2D eigenvalue weighted by Gasteiger charge is 2.59. The molecule has 0 aromatic heterocycles. The third-order valence-corrected chi connectivity index (χ3v) is 7.09. The van der Waals surface area contributed by atoms with Crippen LogP contribution >= 0.6 is 0 Å². The van der Waals surface area contributed by atoms with E-state index in [0.29, 0.717) is 11.3 Å². The lowest BCUT2D eigenvalue weighted by molar-refractivity contribution is -0.274. The largest absolute Gasteiger partial charge is 0.573 e. The van der Waals surface area contributed by atoms with Gasteiger partial charge in [0.25, 0.3) is 0 Å². The Bertz CT molecular complexity index is 1220. The van der Waals surface area contributed by atoms with Gasteiger partial charge in [0.05, 0.1) is 11.6 Å². The van der Waals surface area contributed by atoms with Crippen LogP contribution in [0.1, 0.15) is 48.4 Å². The smallest absolute Gasteiger partial charge is 0.406 e. The molecule has 0 unspecified atom stereocenters. The minimum Gasteiger partial charge on any atom is -0.406 e. The van der Waals surface area contributed by atoms with Crippen molar-refractivity contribution < 1.29 is 22.7 Å². The van der Waals surface area contributed by atoms with Crippen LogP contribution < -0.4 is 14.5 Å². The zero-order valence-electron chi connectivity index (χ0n) is 19.7. The van der Waals surface area contributed by atoms with E-state index in [9.17, 15) is 18.0 Å². The first kappa shape index (κ1) is 23.3. The molecule has 3 aromatic carbocycles. The summed E-state index contributed by atoms with van der Waals surface area (Å²) in [5.74, 6) is -0.284. The van der Waals surface area contributed by atoms with Gasteiger partial charge in [0.15, 0.2) is 0 Å². The number of nitrogens with zero attached hydrogens (tertiary/aromatic N) is 2. The molecule has 0 radical (unpaired) electrons. The molecule has 2 fully saturated rings. The lowest BCUT2D eigenvalue weighted by Gasteiger charge is -2.39. The highest BCUT2D eigenvalue weighted by molar-refractivity contribution is 6.09. The molecule has 1 saturated heterocycles. The Morgan fingerprint density at radius 1 is 0.857 bits per heavy atom. The topological polar surface area (TPSA) is 32.8 Å². The number of hydrogen-bond donors (Lipinski definition) is 0. The van der Waals surface area contributed by atoms with Gasteiger partial charge in [-0.15, -0.1) is 13.2 Å². The third-order valence-electron chi connectivity index (χ3n) is 7.09. The van der Waals surface area contributed by atoms with Gasteiger partial charge >= 0.3 is 12.4 Å². The molecule has 7 heteroatoms. The number of amides is 2. The van der Waals surface area contributed by atoms with Crippen LogP contribution in [0.5, 0.6) is 5.75 Å². The molecule has 35 heavy (non-hydrogen) atoms. The van der Waals surface area contributed by atoms with Crippen LogP contribution in [0.15, 0.2) is 72.8 Å². The van der Waals surface area contributed by atoms with Crippen LogP contribution in [0.2, 0.25) is 0 Å². The predicted octanol–water partition coefficient (Wildman–Crippen LogP) is 7.70. The Balaban J connectivity index is 1.69. The van der Waals surface area contributed by atoms with Crippen LogP contribution in [0.25, 0.3) is 0 Å². The molecule has 5 rings (SSSR count).